The van der Waals surface area contributed by atoms with Gasteiger partial charge in [-0.3, -0.25) is 9.59 Å². The molecule has 5 heteroatoms. The van der Waals surface area contributed by atoms with Gasteiger partial charge in [0.1, 0.15) is 0 Å². The molecule has 4 nitrogen and oxygen atoms in total. The average molecular weight is 354 g/mol. The van der Waals surface area contributed by atoms with Gasteiger partial charge in [0, 0.05) is 29.2 Å². The first-order chi connectivity index (χ1) is 12.0. The molecule has 1 fully saturated rings. The molecule has 0 spiro atoms. The third-order valence-electron chi connectivity index (χ3n) is 4.53. The minimum absolute atomic E-state index is 0.00184. The summed E-state index contributed by atoms with van der Waals surface area (Å²) >= 11 is 1.66. The number of nitrogens with zero attached hydrogens (tertiary/aromatic N) is 1. The maximum atomic E-state index is 12.6. The molecule has 2 aromatic rings. The van der Waals surface area contributed by atoms with Crippen LogP contribution < -0.4 is 10.2 Å². The molecular weight excluding hydrogens is 332 g/mol. The molecule has 0 aliphatic carbocycles. The van der Waals surface area contributed by atoms with Crippen LogP contribution in [0.15, 0.2) is 47.4 Å². The summed E-state index contributed by atoms with van der Waals surface area (Å²) in [6, 6.07) is 13.8. The molecule has 1 unspecified atom stereocenters. The van der Waals surface area contributed by atoms with Crippen molar-refractivity contribution in [3.63, 3.8) is 0 Å². The molecule has 2 amide bonds. The quantitative estimate of drug-likeness (QED) is 0.844. The van der Waals surface area contributed by atoms with Gasteiger partial charge >= 0.3 is 0 Å². The van der Waals surface area contributed by atoms with Crippen molar-refractivity contribution in [3.05, 3.63) is 53.6 Å². The Hall–Kier alpha value is -2.27. The maximum Gasteiger partial charge on any atom is 0.229 e. The fourth-order valence-corrected chi connectivity index (χ4v) is 3.41. The second-order valence-electron chi connectivity index (χ2n) is 6.41. The first-order valence-corrected chi connectivity index (χ1v) is 9.53. The van der Waals surface area contributed by atoms with Crippen molar-refractivity contribution in [2.75, 3.05) is 23.0 Å². The molecule has 25 heavy (non-hydrogen) atoms. The summed E-state index contributed by atoms with van der Waals surface area (Å²) in [6.45, 7) is 4.39. The van der Waals surface area contributed by atoms with E-state index < -0.39 is 0 Å². The maximum absolute atomic E-state index is 12.6. The van der Waals surface area contributed by atoms with E-state index in [-0.39, 0.29) is 24.2 Å². The van der Waals surface area contributed by atoms with Crippen molar-refractivity contribution >= 4 is 35.0 Å². The Kier molecular flexibility index (Phi) is 5.13. The van der Waals surface area contributed by atoms with Gasteiger partial charge < -0.3 is 10.2 Å². The number of rotatable bonds is 4. The number of benzene rings is 2. The van der Waals surface area contributed by atoms with Crippen molar-refractivity contribution in [3.8, 4) is 0 Å². The minimum Gasteiger partial charge on any atom is -0.326 e. The number of hydrogen-bond donors (Lipinski definition) is 1. The molecule has 130 valence electrons. The van der Waals surface area contributed by atoms with Crippen LogP contribution in [-0.2, 0) is 9.59 Å². The summed E-state index contributed by atoms with van der Waals surface area (Å²) < 4.78 is 0. The Balaban J connectivity index is 1.70. The van der Waals surface area contributed by atoms with Crippen LogP contribution in [0.5, 0.6) is 0 Å². The van der Waals surface area contributed by atoms with Gasteiger partial charge in [-0.05, 0) is 61.6 Å². The minimum atomic E-state index is -0.326. The number of carbonyl (C=O) groups excluding carboxylic acids is 2. The summed E-state index contributed by atoms with van der Waals surface area (Å²) in [4.78, 5) is 27.8. The molecule has 0 aromatic heterocycles. The van der Waals surface area contributed by atoms with Crippen LogP contribution in [0.2, 0.25) is 0 Å². The topological polar surface area (TPSA) is 49.4 Å². The zero-order chi connectivity index (χ0) is 18.0. The highest BCUT2D eigenvalue weighted by Gasteiger charge is 2.35. The lowest BCUT2D eigenvalue weighted by Crippen LogP contribution is -2.28. The Morgan fingerprint density at radius 1 is 1.16 bits per heavy atom. The van der Waals surface area contributed by atoms with Crippen molar-refractivity contribution in [1.82, 2.24) is 0 Å². The third-order valence-corrected chi connectivity index (χ3v) is 5.27. The highest BCUT2D eigenvalue weighted by molar-refractivity contribution is 7.98. The monoisotopic (exact) mass is 354 g/mol. The van der Waals surface area contributed by atoms with Crippen LogP contribution in [0.3, 0.4) is 0 Å². The first-order valence-electron chi connectivity index (χ1n) is 8.30. The van der Waals surface area contributed by atoms with Crippen LogP contribution in [0.4, 0.5) is 11.4 Å². The fraction of sp³-hybridized carbons (Fsp3) is 0.300. The largest absolute Gasteiger partial charge is 0.326 e. The molecule has 1 N–H and O–H groups in total. The summed E-state index contributed by atoms with van der Waals surface area (Å²) in [5.74, 6) is -0.420. The first kappa shape index (κ1) is 17.5. The fourth-order valence-electron chi connectivity index (χ4n) is 3.00. The van der Waals surface area contributed by atoms with Crippen molar-refractivity contribution < 1.29 is 9.59 Å². The van der Waals surface area contributed by atoms with E-state index >= 15 is 0 Å². The van der Waals surface area contributed by atoms with Crippen LogP contribution in [0, 0.1) is 19.8 Å². The molecule has 0 saturated carbocycles. The third kappa shape index (κ3) is 3.87. The average Bonchev–Trinajstić information content (AvgIpc) is 3.00. The number of amides is 2. The zero-order valence-corrected chi connectivity index (χ0v) is 15.5. The van der Waals surface area contributed by atoms with Gasteiger partial charge in [0.25, 0.3) is 0 Å². The number of aryl methyl sites for hydroxylation is 2. The highest BCUT2D eigenvalue weighted by atomic mass is 32.2. The van der Waals surface area contributed by atoms with Crippen LogP contribution >= 0.6 is 11.8 Å². The van der Waals surface area contributed by atoms with Crippen molar-refractivity contribution in [2.45, 2.75) is 25.2 Å². The van der Waals surface area contributed by atoms with Gasteiger partial charge in [-0.25, -0.2) is 0 Å². The van der Waals surface area contributed by atoms with Gasteiger partial charge in [0.05, 0.1) is 5.92 Å². The Bertz CT molecular complexity index is 802. The molecule has 0 bridgehead atoms. The molecule has 3 rings (SSSR count). The molecule has 1 atom stereocenters. The highest BCUT2D eigenvalue weighted by Crippen LogP contribution is 2.28. The van der Waals surface area contributed by atoms with E-state index in [1.807, 2.05) is 62.6 Å². The smallest absolute Gasteiger partial charge is 0.229 e. The Morgan fingerprint density at radius 2 is 1.88 bits per heavy atom. The van der Waals surface area contributed by atoms with E-state index in [0.29, 0.717) is 6.54 Å². The molecule has 1 aliphatic heterocycles. The molecular formula is C20H22N2O2S. The predicted octanol–water partition coefficient (Wildman–Crippen LogP) is 4.02. The van der Waals surface area contributed by atoms with Gasteiger partial charge in [-0.2, -0.15) is 0 Å². The zero-order valence-electron chi connectivity index (χ0n) is 14.7. The Morgan fingerprint density at radius 3 is 2.56 bits per heavy atom. The number of carbonyl (C=O) groups is 2. The second kappa shape index (κ2) is 7.31. The predicted molar refractivity (Wildman–Crippen MR) is 103 cm³/mol. The second-order valence-corrected chi connectivity index (χ2v) is 7.29. The molecule has 0 radical (unpaired) electrons. The van der Waals surface area contributed by atoms with E-state index in [0.717, 1.165) is 27.4 Å². The van der Waals surface area contributed by atoms with E-state index in [2.05, 4.69) is 5.32 Å². The van der Waals surface area contributed by atoms with Crippen molar-refractivity contribution in [1.29, 1.82) is 0 Å². The number of hydrogen-bond acceptors (Lipinski definition) is 3. The van der Waals surface area contributed by atoms with Crippen LogP contribution in [0.25, 0.3) is 0 Å². The number of thioether (sulfide) groups is 1. The normalized spacial score (nSPS) is 17.0. The lowest BCUT2D eigenvalue weighted by molar-refractivity contribution is -0.122. The van der Waals surface area contributed by atoms with Crippen LogP contribution in [-0.4, -0.2) is 24.6 Å². The van der Waals surface area contributed by atoms with Gasteiger partial charge in [-0.1, -0.05) is 12.1 Å². The SMILES string of the molecule is CSc1ccc(N2CC(C(=O)Nc3cc(C)ccc3C)CC2=O)cc1. The summed E-state index contributed by atoms with van der Waals surface area (Å²) in [6.07, 6.45) is 2.27. The van der Waals surface area contributed by atoms with E-state index in [9.17, 15) is 9.59 Å². The molecule has 2 aromatic carbocycles. The molecule has 1 aliphatic rings. The molecule has 1 heterocycles. The van der Waals surface area contributed by atoms with Gasteiger partial charge in [0.2, 0.25) is 11.8 Å². The summed E-state index contributed by atoms with van der Waals surface area (Å²) in [5, 5.41) is 2.98. The summed E-state index contributed by atoms with van der Waals surface area (Å²) in [7, 11) is 0. The van der Waals surface area contributed by atoms with E-state index in [1.54, 1.807) is 16.7 Å². The van der Waals surface area contributed by atoms with E-state index in [1.165, 1.54) is 0 Å². The van der Waals surface area contributed by atoms with Gasteiger partial charge in [-0.15, -0.1) is 11.8 Å². The van der Waals surface area contributed by atoms with Gasteiger partial charge in [0.15, 0.2) is 0 Å². The number of nitrogens with one attached hydrogen (secondary N) is 1. The Labute approximate surface area is 152 Å². The van der Waals surface area contributed by atoms with Crippen LogP contribution in [0.1, 0.15) is 17.5 Å². The lowest BCUT2D eigenvalue weighted by Gasteiger charge is -2.17. The lowest BCUT2D eigenvalue weighted by atomic mass is 10.1. The van der Waals surface area contributed by atoms with Crippen molar-refractivity contribution in [2.24, 2.45) is 5.92 Å². The number of anilines is 2. The molecule has 1 saturated heterocycles. The standard InChI is InChI=1S/C20H22N2O2S/c1-13-4-5-14(2)18(10-13)21-20(24)15-11-19(23)22(12-15)16-6-8-17(25-3)9-7-16/h4-10,15H,11-12H2,1-3H3,(H,21,24). The van der Waals surface area contributed by atoms with E-state index in [4.69, 9.17) is 0 Å². The summed E-state index contributed by atoms with van der Waals surface area (Å²) in [5.41, 5.74) is 3.79.